The van der Waals surface area contributed by atoms with Crippen molar-refractivity contribution in [1.82, 2.24) is 5.32 Å². The van der Waals surface area contributed by atoms with Gasteiger partial charge in [-0.2, -0.15) is 13.2 Å². The van der Waals surface area contributed by atoms with Gasteiger partial charge in [-0.3, -0.25) is 4.79 Å². The third kappa shape index (κ3) is 3.02. The lowest BCUT2D eigenvalue weighted by atomic mass is 9.94. The van der Waals surface area contributed by atoms with Gasteiger partial charge in [0.05, 0.1) is 22.8 Å². The first-order valence-corrected chi connectivity index (χ1v) is 6.45. The largest absolute Gasteiger partial charge is 0.419 e. The smallest absolute Gasteiger partial charge is 0.376 e. The second-order valence-corrected chi connectivity index (χ2v) is 5.30. The summed E-state index contributed by atoms with van der Waals surface area (Å²) in [6, 6.07) is 2.65. The van der Waals surface area contributed by atoms with E-state index in [0.29, 0.717) is 19.1 Å². The highest BCUT2D eigenvalue weighted by Gasteiger charge is 2.40. The molecule has 1 heterocycles. The molecule has 0 spiro atoms. The van der Waals surface area contributed by atoms with Crippen LogP contribution in [-0.4, -0.2) is 24.2 Å². The van der Waals surface area contributed by atoms with Crippen molar-refractivity contribution in [2.24, 2.45) is 0 Å². The van der Waals surface area contributed by atoms with E-state index in [9.17, 15) is 22.4 Å². The van der Waals surface area contributed by atoms with Crippen molar-refractivity contribution in [2.45, 2.75) is 38.1 Å². The molecule has 1 fully saturated rings. The van der Waals surface area contributed by atoms with E-state index in [1.807, 2.05) is 0 Å². The van der Waals surface area contributed by atoms with Crippen molar-refractivity contribution < 1.29 is 27.1 Å². The molecule has 3 nitrogen and oxygen atoms in total. The van der Waals surface area contributed by atoms with E-state index in [2.05, 4.69) is 5.32 Å². The number of rotatable bonds is 2. The van der Waals surface area contributed by atoms with Gasteiger partial charge in [-0.1, -0.05) is 6.07 Å². The van der Waals surface area contributed by atoms with E-state index < -0.39 is 34.6 Å². The maximum Gasteiger partial charge on any atom is 0.419 e. The van der Waals surface area contributed by atoms with Gasteiger partial charge >= 0.3 is 6.18 Å². The molecule has 21 heavy (non-hydrogen) atoms. The highest BCUT2D eigenvalue weighted by atomic mass is 19.4. The first-order valence-electron chi connectivity index (χ1n) is 6.45. The minimum atomic E-state index is -4.84. The van der Waals surface area contributed by atoms with Crippen LogP contribution in [0.2, 0.25) is 0 Å². The Hall–Kier alpha value is -1.63. The summed E-state index contributed by atoms with van der Waals surface area (Å²) in [4.78, 5) is 12.1. The summed E-state index contributed by atoms with van der Waals surface area (Å²) in [5.74, 6) is -2.43. The molecule has 1 aromatic carbocycles. The third-order valence-electron chi connectivity index (χ3n) is 3.83. The number of amides is 1. The van der Waals surface area contributed by atoms with E-state index >= 15 is 0 Å². The van der Waals surface area contributed by atoms with Crippen LogP contribution in [0.1, 0.15) is 36.2 Å². The first kappa shape index (κ1) is 15.8. The summed E-state index contributed by atoms with van der Waals surface area (Å²) in [7, 11) is 0. The van der Waals surface area contributed by atoms with Gasteiger partial charge in [-0.25, -0.2) is 4.39 Å². The second kappa shape index (κ2) is 5.29. The number of carbonyl (C=O) groups excluding carboxylic acids is 1. The van der Waals surface area contributed by atoms with Gasteiger partial charge < -0.3 is 10.1 Å². The molecule has 0 aliphatic carbocycles. The van der Waals surface area contributed by atoms with Crippen molar-refractivity contribution in [2.75, 3.05) is 6.61 Å². The van der Waals surface area contributed by atoms with Crippen molar-refractivity contribution in [1.29, 1.82) is 0 Å². The van der Waals surface area contributed by atoms with Gasteiger partial charge in [0.2, 0.25) is 0 Å². The summed E-state index contributed by atoms with van der Waals surface area (Å²) in [5, 5.41) is 2.57. The minimum absolute atomic E-state index is 0.296. The molecule has 0 aromatic heterocycles. The van der Waals surface area contributed by atoms with Gasteiger partial charge in [0, 0.05) is 6.61 Å². The molecule has 1 aromatic rings. The van der Waals surface area contributed by atoms with Crippen LogP contribution < -0.4 is 5.32 Å². The fourth-order valence-corrected chi connectivity index (χ4v) is 2.25. The van der Waals surface area contributed by atoms with Gasteiger partial charge in [0.25, 0.3) is 5.91 Å². The zero-order chi connectivity index (χ0) is 15.8. The molecular formula is C14H15F4NO2. The van der Waals surface area contributed by atoms with Crippen LogP contribution in [-0.2, 0) is 10.9 Å². The van der Waals surface area contributed by atoms with Crippen LogP contribution in [0, 0.1) is 5.82 Å². The van der Waals surface area contributed by atoms with E-state index in [1.54, 1.807) is 13.8 Å². The van der Waals surface area contributed by atoms with Crippen molar-refractivity contribution >= 4 is 5.91 Å². The van der Waals surface area contributed by atoms with E-state index in [1.165, 1.54) is 0 Å². The van der Waals surface area contributed by atoms with Crippen molar-refractivity contribution in [3.63, 3.8) is 0 Å². The van der Waals surface area contributed by atoms with Crippen LogP contribution in [0.4, 0.5) is 17.6 Å². The SMILES string of the molecule is CC1OCCC1(C)NC(=O)c1cccc(C(F)(F)F)c1F. The predicted molar refractivity (Wildman–Crippen MR) is 67.3 cm³/mol. The number of benzene rings is 1. The maximum absolute atomic E-state index is 13.9. The second-order valence-electron chi connectivity index (χ2n) is 5.30. The summed E-state index contributed by atoms with van der Waals surface area (Å²) in [5.41, 5.74) is -2.79. The molecule has 0 radical (unpaired) electrons. The lowest BCUT2D eigenvalue weighted by molar-refractivity contribution is -0.140. The lowest BCUT2D eigenvalue weighted by Gasteiger charge is -2.29. The van der Waals surface area contributed by atoms with Crippen LogP contribution in [0.25, 0.3) is 0 Å². The molecule has 1 aliphatic rings. The van der Waals surface area contributed by atoms with Crippen molar-refractivity contribution in [3.8, 4) is 0 Å². The Balaban J connectivity index is 2.28. The number of ether oxygens (including phenoxy) is 1. The van der Waals surface area contributed by atoms with Crippen molar-refractivity contribution in [3.05, 3.63) is 35.1 Å². The number of carbonyl (C=O) groups is 1. The first-order chi connectivity index (χ1) is 9.65. The van der Waals surface area contributed by atoms with Crippen LogP contribution in [0.3, 0.4) is 0 Å². The number of hydrogen-bond donors (Lipinski definition) is 1. The molecule has 1 N–H and O–H groups in total. The Morgan fingerprint density at radius 2 is 2.10 bits per heavy atom. The lowest BCUT2D eigenvalue weighted by Crippen LogP contribution is -2.50. The number of alkyl halides is 3. The van der Waals surface area contributed by atoms with Crippen LogP contribution >= 0.6 is 0 Å². The highest BCUT2D eigenvalue weighted by Crippen LogP contribution is 2.33. The molecule has 0 saturated carbocycles. The molecule has 116 valence electrons. The molecule has 0 bridgehead atoms. The minimum Gasteiger partial charge on any atom is -0.376 e. The Morgan fingerprint density at radius 3 is 2.62 bits per heavy atom. The average Bonchev–Trinajstić information content (AvgIpc) is 2.67. The number of nitrogens with one attached hydrogen (secondary N) is 1. The van der Waals surface area contributed by atoms with E-state index in [4.69, 9.17) is 4.74 Å². The van der Waals surface area contributed by atoms with Gasteiger partial charge in [-0.05, 0) is 32.4 Å². The Labute approximate surface area is 119 Å². The monoisotopic (exact) mass is 305 g/mol. The fourth-order valence-electron chi connectivity index (χ4n) is 2.25. The quantitative estimate of drug-likeness (QED) is 0.853. The zero-order valence-corrected chi connectivity index (χ0v) is 11.6. The third-order valence-corrected chi connectivity index (χ3v) is 3.83. The number of halogens is 4. The van der Waals surface area contributed by atoms with Crippen LogP contribution in [0.5, 0.6) is 0 Å². The molecule has 1 saturated heterocycles. The summed E-state index contributed by atoms with van der Waals surface area (Å²) in [6.07, 6.45) is -4.62. The fraction of sp³-hybridized carbons (Fsp3) is 0.500. The standard InChI is InChI=1S/C14H15F4NO2/c1-8-13(2,6-7-21-8)19-12(20)9-4-3-5-10(11(9)15)14(16,17)18/h3-5,8H,6-7H2,1-2H3,(H,19,20). The topological polar surface area (TPSA) is 38.3 Å². The molecule has 1 aliphatic heterocycles. The van der Waals surface area contributed by atoms with Crippen LogP contribution in [0.15, 0.2) is 18.2 Å². The molecule has 7 heteroatoms. The zero-order valence-electron chi connectivity index (χ0n) is 11.6. The highest BCUT2D eigenvalue weighted by molar-refractivity contribution is 5.95. The van der Waals surface area contributed by atoms with E-state index in [0.717, 1.165) is 12.1 Å². The molecule has 1 amide bonds. The molecular weight excluding hydrogens is 290 g/mol. The van der Waals surface area contributed by atoms with E-state index in [-0.39, 0.29) is 6.10 Å². The Kier molecular flexibility index (Phi) is 3.97. The summed E-state index contributed by atoms with van der Waals surface area (Å²) >= 11 is 0. The summed E-state index contributed by atoms with van der Waals surface area (Å²) < 4.78 is 57.2. The normalized spacial score (nSPS) is 25.9. The Morgan fingerprint density at radius 1 is 1.43 bits per heavy atom. The molecule has 2 atom stereocenters. The average molecular weight is 305 g/mol. The molecule has 2 rings (SSSR count). The predicted octanol–water partition coefficient (Wildman–Crippen LogP) is 3.14. The van der Waals surface area contributed by atoms with Gasteiger partial charge in [0.15, 0.2) is 0 Å². The summed E-state index contributed by atoms with van der Waals surface area (Å²) in [6.45, 7) is 3.90. The Bertz CT molecular complexity index is 558. The van der Waals surface area contributed by atoms with Gasteiger partial charge in [-0.15, -0.1) is 0 Å². The molecule has 2 unspecified atom stereocenters. The number of hydrogen-bond acceptors (Lipinski definition) is 2. The maximum atomic E-state index is 13.9. The van der Waals surface area contributed by atoms with Gasteiger partial charge in [0.1, 0.15) is 5.82 Å².